The van der Waals surface area contributed by atoms with Crippen LogP contribution in [0.4, 0.5) is 0 Å². The molecule has 1 N–H and O–H groups in total. The minimum atomic E-state index is 0.0699. The summed E-state index contributed by atoms with van der Waals surface area (Å²) in [6.07, 6.45) is 3.42. The quantitative estimate of drug-likeness (QED) is 0.631. The van der Waals surface area contributed by atoms with E-state index in [4.69, 9.17) is 4.42 Å². The molecule has 2 aliphatic carbocycles. The largest absolute Gasteiger partial charge is 0.511 e. The number of aliphatic hydroxyl groups is 1. The number of benzene rings is 2. The van der Waals surface area contributed by atoms with E-state index in [-0.39, 0.29) is 17.6 Å². The van der Waals surface area contributed by atoms with Gasteiger partial charge in [0, 0.05) is 22.8 Å². The molecule has 1 fully saturated rings. The van der Waals surface area contributed by atoms with Gasteiger partial charge in [-0.15, -0.1) is 0 Å². The predicted octanol–water partition coefficient (Wildman–Crippen LogP) is 5.93. The summed E-state index contributed by atoms with van der Waals surface area (Å²) in [6.45, 7) is 2.08. The molecule has 2 bridgehead atoms. The predicted molar refractivity (Wildman–Crippen MR) is 106 cm³/mol. The lowest BCUT2D eigenvalue weighted by Crippen LogP contribution is -2.22. The summed E-state index contributed by atoms with van der Waals surface area (Å²) in [5.74, 6) is 1.40. The van der Waals surface area contributed by atoms with E-state index >= 15 is 0 Å². The number of carbonyl (C=O) groups is 1. The fourth-order valence-corrected chi connectivity index (χ4v) is 4.67. The Morgan fingerprint density at radius 1 is 1.07 bits per heavy atom. The van der Waals surface area contributed by atoms with Gasteiger partial charge >= 0.3 is 0 Å². The maximum atomic E-state index is 13.0. The van der Waals surface area contributed by atoms with Crippen molar-refractivity contribution in [2.75, 3.05) is 0 Å². The van der Waals surface area contributed by atoms with Crippen LogP contribution in [0.2, 0.25) is 0 Å². The second-order valence-electron chi connectivity index (χ2n) is 7.71. The van der Waals surface area contributed by atoms with Gasteiger partial charge in [0.25, 0.3) is 0 Å². The number of Topliss-reactive ketones (excluding diaryl/α,β-unsaturated/α-hetero) is 1. The first-order valence-electron chi connectivity index (χ1n) is 9.75. The molecule has 1 saturated carbocycles. The van der Waals surface area contributed by atoms with Crippen LogP contribution in [0.1, 0.15) is 37.3 Å². The summed E-state index contributed by atoms with van der Waals surface area (Å²) in [5.41, 5.74) is 4.29. The van der Waals surface area contributed by atoms with Crippen LogP contribution in [0.3, 0.4) is 0 Å². The highest BCUT2D eigenvalue weighted by molar-refractivity contribution is 6.23. The Balaban J connectivity index is 1.67. The van der Waals surface area contributed by atoms with E-state index in [1.54, 1.807) is 0 Å². The maximum Gasteiger partial charge on any atom is 0.169 e. The van der Waals surface area contributed by atoms with Crippen molar-refractivity contribution in [3.05, 3.63) is 65.4 Å². The highest BCUT2D eigenvalue weighted by Crippen LogP contribution is 2.46. The Labute approximate surface area is 158 Å². The molecule has 3 aromatic rings. The number of allylic oxidation sites excluding steroid dienone is 2. The summed E-state index contributed by atoms with van der Waals surface area (Å²) < 4.78 is 6.01. The first-order valence-corrected chi connectivity index (χ1v) is 9.75. The Bertz CT molecular complexity index is 1050. The number of fused-ring (bicyclic) bond motifs is 3. The Kier molecular flexibility index (Phi) is 3.71. The van der Waals surface area contributed by atoms with Gasteiger partial charge in [-0.05, 0) is 55.0 Å². The summed E-state index contributed by atoms with van der Waals surface area (Å²) in [7, 11) is 0. The molecule has 136 valence electrons. The van der Waals surface area contributed by atoms with Crippen molar-refractivity contribution in [1.82, 2.24) is 0 Å². The van der Waals surface area contributed by atoms with Gasteiger partial charge in [-0.1, -0.05) is 37.3 Å². The molecule has 2 unspecified atom stereocenters. The monoisotopic (exact) mass is 358 g/mol. The van der Waals surface area contributed by atoms with Crippen molar-refractivity contribution < 1.29 is 14.3 Å². The lowest BCUT2D eigenvalue weighted by atomic mass is 9.81. The van der Waals surface area contributed by atoms with Crippen LogP contribution < -0.4 is 0 Å². The minimum Gasteiger partial charge on any atom is -0.511 e. The minimum absolute atomic E-state index is 0.0699. The van der Waals surface area contributed by atoms with Gasteiger partial charge in [-0.25, -0.2) is 0 Å². The lowest BCUT2D eigenvalue weighted by Gasteiger charge is -2.23. The normalized spacial score (nSPS) is 22.0. The molecule has 0 saturated heterocycles. The zero-order chi connectivity index (χ0) is 18.5. The molecule has 2 atom stereocenters. The van der Waals surface area contributed by atoms with E-state index in [0.29, 0.717) is 11.3 Å². The number of aryl methyl sites for hydroxylation is 1. The number of hydrogen-bond donors (Lipinski definition) is 1. The molecule has 0 amide bonds. The average Bonchev–Trinajstić information content (AvgIpc) is 3.32. The van der Waals surface area contributed by atoms with E-state index in [0.717, 1.165) is 59.1 Å². The molecule has 1 heterocycles. The van der Waals surface area contributed by atoms with Gasteiger partial charge in [0.1, 0.15) is 17.1 Å². The standard InChI is InChI=1S/C24H22O3/c1-2-14-7-8-16(21-13-15-5-3-4-6-20(15)27-21)12-19(14)22-23(25)17-9-10-18(11-17)24(22)26/h3-8,12-13,17-18,25H,2,9-11H2,1H3. The number of hydrogen-bond acceptors (Lipinski definition) is 3. The molecule has 0 aliphatic heterocycles. The lowest BCUT2D eigenvalue weighted by molar-refractivity contribution is -0.117. The van der Waals surface area contributed by atoms with Gasteiger partial charge in [0.2, 0.25) is 0 Å². The first kappa shape index (κ1) is 16.4. The smallest absolute Gasteiger partial charge is 0.169 e. The van der Waals surface area contributed by atoms with Crippen LogP contribution in [-0.4, -0.2) is 10.9 Å². The van der Waals surface area contributed by atoms with Crippen LogP contribution in [-0.2, 0) is 11.2 Å². The van der Waals surface area contributed by atoms with Crippen LogP contribution in [0.25, 0.3) is 27.9 Å². The Morgan fingerprint density at radius 3 is 2.70 bits per heavy atom. The molecule has 3 nitrogen and oxygen atoms in total. The highest BCUT2D eigenvalue weighted by Gasteiger charge is 2.41. The van der Waals surface area contributed by atoms with Gasteiger partial charge in [-0.2, -0.15) is 0 Å². The molecule has 0 radical (unpaired) electrons. The van der Waals surface area contributed by atoms with E-state index in [9.17, 15) is 9.90 Å². The van der Waals surface area contributed by atoms with Crippen molar-refractivity contribution in [1.29, 1.82) is 0 Å². The third kappa shape index (κ3) is 2.53. The van der Waals surface area contributed by atoms with Gasteiger partial charge in [-0.3, -0.25) is 4.79 Å². The Morgan fingerprint density at radius 2 is 1.89 bits per heavy atom. The van der Waals surface area contributed by atoms with Gasteiger partial charge in [0.15, 0.2) is 5.78 Å². The molecule has 3 heteroatoms. The molecule has 2 aliphatic rings. The number of furan rings is 1. The van der Waals surface area contributed by atoms with Crippen molar-refractivity contribution in [2.24, 2.45) is 11.8 Å². The third-order valence-electron chi connectivity index (χ3n) is 6.16. The molecular weight excluding hydrogens is 336 g/mol. The summed E-state index contributed by atoms with van der Waals surface area (Å²) in [6, 6.07) is 16.1. The molecule has 0 spiro atoms. The van der Waals surface area contributed by atoms with Crippen molar-refractivity contribution >= 4 is 22.3 Å². The second kappa shape index (κ2) is 6.12. The summed E-state index contributed by atoms with van der Waals surface area (Å²) >= 11 is 0. The van der Waals surface area contributed by atoms with Crippen molar-refractivity contribution in [2.45, 2.75) is 32.6 Å². The second-order valence-corrected chi connectivity index (χ2v) is 7.71. The molecule has 1 aromatic heterocycles. The zero-order valence-corrected chi connectivity index (χ0v) is 15.4. The van der Waals surface area contributed by atoms with Crippen LogP contribution in [0, 0.1) is 11.8 Å². The van der Waals surface area contributed by atoms with Gasteiger partial charge < -0.3 is 9.52 Å². The number of carbonyl (C=O) groups excluding carboxylic acids is 1. The number of rotatable bonds is 3. The first-order chi connectivity index (χ1) is 13.2. The van der Waals surface area contributed by atoms with Crippen molar-refractivity contribution in [3.8, 4) is 11.3 Å². The summed E-state index contributed by atoms with van der Waals surface area (Å²) in [5, 5.41) is 11.9. The highest BCUT2D eigenvalue weighted by atomic mass is 16.3. The third-order valence-corrected chi connectivity index (χ3v) is 6.16. The van der Waals surface area contributed by atoms with Crippen molar-refractivity contribution in [3.63, 3.8) is 0 Å². The number of ketones is 1. The van der Waals surface area contributed by atoms with E-state index < -0.39 is 0 Å². The fraction of sp³-hybridized carbons (Fsp3) is 0.292. The van der Waals surface area contributed by atoms with E-state index in [2.05, 4.69) is 13.0 Å². The van der Waals surface area contributed by atoms with Crippen LogP contribution in [0.15, 0.2) is 58.7 Å². The number of para-hydroxylation sites is 1. The van der Waals surface area contributed by atoms with E-state index in [1.165, 1.54) is 0 Å². The zero-order valence-electron chi connectivity index (χ0n) is 15.4. The molecular formula is C24H22O3. The fourth-order valence-electron chi connectivity index (χ4n) is 4.67. The van der Waals surface area contributed by atoms with E-state index in [1.807, 2.05) is 42.5 Å². The van der Waals surface area contributed by atoms with Gasteiger partial charge in [0.05, 0.1) is 5.57 Å². The summed E-state index contributed by atoms with van der Waals surface area (Å²) in [4.78, 5) is 13.0. The maximum absolute atomic E-state index is 13.0. The number of aliphatic hydroxyl groups excluding tert-OH is 1. The van der Waals surface area contributed by atoms with Crippen LogP contribution >= 0.6 is 0 Å². The molecule has 2 aromatic carbocycles. The molecule has 5 rings (SSSR count). The SMILES string of the molecule is CCc1ccc(-c2cc3ccccc3o2)cc1C1=C(O)C2CCC(C2)C1=O. The molecule has 27 heavy (non-hydrogen) atoms. The average molecular weight is 358 g/mol. The van der Waals surface area contributed by atoms with Crippen LogP contribution in [0.5, 0.6) is 0 Å². The topological polar surface area (TPSA) is 50.4 Å². The Hall–Kier alpha value is -2.81.